The van der Waals surface area contributed by atoms with Crippen molar-refractivity contribution in [3.05, 3.63) is 48.0 Å². The molecule has 0 aliphatic heterocycles. The van der Waals surface area contributed by atoms with Crippen LogP contribution in [0, 0.1) is 0 Å². The van der Waals surface area contributed by atoms with Crippen LogP contribution < -0.4 is 5.32 Å². The molecule has 3 nitrogen and oxygen atoms in total. The minimum atomic E-state index is 0.0263. The zero-order chi connectivity index (χ0) is 13.7. The van der Waals surface area contributed by atoms with Crippen molar-refractivity contribution in [3.8, 4) is 0 Å². The van der Waals surface area contributed by atoms with Crippen molar-refractivity contribution >= 4 is 5.91 Å². The molecule has 1 aromatic rings. The van der Waals surface area contributed by atoms with Gasteiger partial charge in [-0.15, -0.1) is 0 Å². The van der Waals surface area contributed by atoms with Crippen molar-refractivity contribution in [2.24, 2.45) is 0 Å². The lowest BCUT2D eigenvalue weighted by atomic mass is 9.76. The number of nitrogens with one attached hydrogen (secondary N) is 1. The molecule has 1 aromatic carbocycles. The second-order valence-electron chi connectivity index (χ2n) is 5.45. The molecule has 102 valence electrons. The number of hydrogen-bond donors (Lipinski definition) is 1. The van der Waals surface area contributed by atoms with E-state index in [0.717, 1.165) is 19.4 Å². The lowest BCUT2D eigenvalue weighted by molar-refractivity contribution is -0.117. The van der Waals surface area contributed by atoms with Crippen molar-refractivity contribution in [2.75, 3.05) is 20.6 Å². The van der Waals surface area contributed by atoms with Gasteiger partial charge in [0.2, 0.25) is 5.91 Å². The minimum Gasteiger partial charge on any atom is -0.350 e. The molecule has 0 bridgehead atoms. The van der Waals surface area contributed by atoms with E-state index >= 15 is 0 Å². The average molecular weight is 258 g/mol. The SMILES string of the molecule is CN(C)C/C=C/C(=O)NC1CC(c2ccccc2)C1. The molecule has 1 amide bonds. The monoisotopic (exact) mass is 258 g/mol. The van der Waals surface area contributed by atoms with E-state index in [1.165, 1.54) is 5.56 Å². The highest BCUT2D eigenvalue weighted by Gasteiger charge is 2.30. The van der Waals surface area contributed by atoms with E-state index in [1.54, 1.807) is 6.08 Å². The first-order chi connectivity index (χ1) is 9.15. The van der Waals surface area contributed by atoms with Crippen LogP contribution in [-0.4, -0.2) is 37.5 Å². The van der Waals surface area contributed by atoms with Gasteiger partial charge in [0.25, 0.3) is 0 Å². The predicted octanol–water partition coefficient (Wildman–Crippen LogP) is 2.17. The van der Waals surface area contributed by atoms with Gasteiger partial charge in [0.1, 0.15) is 0 Å². The molecule has 2 rings (SSSR count). The molecular formula is C16H22N2O. The van der Waals surface area contributed by atoms with Gasteiger partial charge in [-0.2, -0.15) is 0 Å². The Morgan fingerprint density at radius 3 is 2.63 bits per heavy atom. The fourth-order valence-electron chi connectivity index (χ4n) is 2.35. The number of rotatable bonds is 5. The van der Waals surface area contributed by atoms with Crippen molar-refractivity contribution in [2.45, 2.75) is 24.8 Å². The summed E-state index contributed by atoms with van der Waals surface area (Å²) in [5.74, 6) is 0.635. The first kappa shape index (κ1) is 13.8. The van der Waals surface area contributed by atoms with Gasteiger partial charge >= 0.3 is 0 Å². The number of likely N-dealkylation sites (N-methyl/N-ethyl adjacent to an activating group) is 1. The Morgan fingerprint density at radius 1 is 1.32 bits per heavy atom. The molecule has 0 saturated heterocycles. The van der Waals surface area contributed by atoms with Crippen LogP contribution in [0.2, 0.25) is 0 Å². The van der Waals surface area contributed by atoms with E-state index in [0.29, 0.717) is 12.0 Å². The standard InChI is InChI=1S/C16H22N2O/c1-18(2)10-6-9-16(19)17-15-11-14(12-15)13-7-4-3-5-8-13/h3-9,14-15H,10-12H2,1-2H3,(H,17,19)/b9-6+. The Bertz CT molecular complexity index is 433. The van der Waals surface area contributed by atoms with Gasteiger partial charge in [0, 0.05) is 18.7 Å². The normalized spacial score (nSPS) is 22.5. The van der Waals surface area contributed by atoms with E-state index in [1.807, 2.05) is 31.1 Å². The number of nitrogens with zero attached hydrogens (tertiary/aromatic N) is 1. The summed E-state index contributed by atoms with van der Waals surface area (Å²) in [5.41, 5.74) is 1.39. The zero-order valence-corrected chi connectivity index (χ0v) is 11.7. The lowest BCUT2D eigenvalue weighted by Gasteiger charge is -2.36. The largest absolute Gasteiger partial charge is 0.350 e. The van der Waals surface area contributed by atoms with Gasteiger partial charge in [-0.3, -0.25) is 4.79 Å². The topological polar surface area (TPSA) is 32.3 Å². The number of carbonyl (C=O) groups excluding carboxylic acids is 1. The van der Waals surface area contributed by atoms with Crippen LogP contribution >= 0.6 is 0 Å². The summed E-state index contributed by atoms with van der Waals surface area (Å²) in [5, 5.41) is 3.05. The molecule has 0 atom stereocenters. The maximum atomic E-state index is 11.7. The predicted molar refractivity (Wildman–Crippen MR) is 78.0 cm³/mol. The first-order valence-electron chi connectivity index (χ1n) is 6.82. The molecule has 0 heterocycles. The van der Waals surface area contributed by atoms with Gasteiger partial charge in [-0.1, -0.05) is 36.4 Å². The van der Waals surface area contributed by atoms with Crippen molar-refractivity contribution < 1.29 is 4.79 Å². The van der Waals surface area contributed by atoms with Crippen molar-refractivity contribution in [1.82, 2.24) is 10.2 Å². The quantitative estimate of drug-likeness (QED) is 0.821. The lowest BCUT2D eigenvalue weighted by Crippen LogP contribution is -2.42. The van der Waals surface area contributed by atoms with Gasteiger partial charge in [0.15, 0.2) is 0 Å². The summed E-state index contributed by atoms with van der Waals surface area (Å²) in [6.07, 6.45) is 5.63. The highest BCUT2D eigenvalue weighted by molar-refractivity contribution is 5.87. The molecule has 1 N–H and O–H groups in total. The second kappa shape index (κ2) is 6.53. The number of benzene rings is 1. The maximum Gasteiger partial charge on any atom is 0.243 e. The molecule has 3 heteroatoms. The Kier molecular flexibility index (Phi) is 4.74. The van der Waals surface area contributed by atoms with Crippen LogP contribution in [0.3, 0.4) is 0 Å². The van der Waals surface area contributed by atoms with Crippen LogP contribution in [0.4, 0.5) is 0 Å². The summed E-state index contributed by atoms with van der Waals surface area (Å²) < 4.78 is 0. The van der Waals surface area contributed by atoms with Crippen LogP contribution in [0.5, 0.6) is 0 Å². The Balaban J connectivity index is 1.70. The van der Waals surface area contributed by atoms with Crippen molar-refractivity contribution in [1.29, 1.82) is 0 Å². The molecule has 1 saturated carbocycles. The highest BCUT2D eigenvalue weighted by Crippen LogP contribution is 2.36. The summed E-state index contributed by atoms with van der Waals surface area (Å²) >= 11 is 0. The van der Waals surface area contributed by atoms with Crippen LogP contribution in [0.1, 0.15) is 24.3 Å². The summed E-state index contributed by atoms with van der Waals surface area (Å²) in [6, 6.07) is 10.9. The number of amides is 1. The molecule has 1 fully saturated rings. The molecule has 1 aliphatic rings. The van der Waals surface area contributed by atoms with E-state index in [4.69, 9.17) is 0 Å². The highest BCUT2D eigenvalue weighted by atomic mass is 16.1. The minimum absolute atomic E-state index is 0.0263. The molecule has 0 radical (unpaired) electrons. The van der Waals surface area contributed by atoms with E-state index in [-0.39, 0.29) is 5.91 Å². The average Bonchev–Trinajstić information content (AvgIpc) is 2.34. The Morgan fingerprint density at radius 2 is 2.00 bits per heavy atom. The van der Waals surface area contributed by atoms with Crippen molar-refractivity contribution in [3.63, 3.8) is 0 Å². The van der Waals surface area contributed by atoms with Gasteiger partial charge in [-0.05, 0) is 38.4 Å². The zero-order valence-electron chi connectivity index (χ0n) is 11.7. The molecule has 19 heavy (non-hydrogen) atoms. The summed E-state index contributed by atoms with van der Waals surface area (Å²) in [4.78, 5) is 13.7. The molecule has 1 aliphatic carbocycles. The van der Waals surface area contributed by atoms with Gasteiger partial charge in [-0.25, -0.2) is 0 Å². The second-order valence-corrected chi connectivity index (χ2v) is 5.45. The smallest absolute Gasteiger partial charge is 0.243 e. The third-order valence-electron chi connectivity index (χ3n) is 3.50. The van der Waals surface area contributed by atoms with Gasteiger partial charge < -0.3 is 10.2 Å². The first-order valence-corrected chi connectivity index (χ1v) is 6.82. The molecule has 0 aromatic heterocycles. The van der Waals surface area contributed by atoms with Crippen LogP contribution in [-0.2, 0) is 4.79 Å². The number of hydrogen-bond acceptors (Lipinski definition) is 2. The summed E-state index contributed by atoms with van der Waals surface area (Å²) in [6.45, 7) is 0.796. The maximum absolute atomic E-state index is 11.7. The van der Waals surface area contributed by atoms with Crippen LogP contribution in [0.15, 0.2) is 42.5 Å². The third kappa shape index (κ3) is 4.21. The number of carbonyl (C=O) groups is 1. The fourth-order valence-corrected chi connectivity index (χ4v) is 2.35. The fraction of sp³-hybridized carbons (Fsp3) is 0.438. The third-order valence-corrected chi connectivity index (χ3v) is 3.50. The Labute approximate surface area is 115 Å². The van der Waals surface area contributed by atoms with E-state index < -0.39 is 0 Å². The Hall–Kier alpha value is -1.61. The van der Waals surface area contributed by atoms with E-state index in [2.05, 4.69) is 29.6 Å². The molecular weight excluding hydrogens is 236 g/mol. The van der Waals surface area contributed by atoms with E-state index in [9.17, 15) is 4.79 Å². The molecule has 0 unspecified atom stereocenters. The van der Waals surface area contributed by atoms with Gasteiger partial charge in [0.05, 0.1) is 0 Å². The molecule has 0 spiro atoms. The van der Waals surface area contributed by atoms with Crippen LogP contribution in [0.25, 0.3) is 0 Å². The summed E-state index contributed by atoms with van der Waals surface area (Å²) in [7, 11) is 3.97.